The van der Waals surface area contributed by atoms with Gasteiger partial charge in [-0.15, -0.1) is 0 Å². The maximum atomic E-state index is 3.84. The van der Waals surface area contributed by atoms with Crippen molar-refractivity contribution in [1.29, 1.82) is 0 Å². The van der Waals surface area contributed by atoms with Gasteiger partial charge in [0.1, 0.15) is 0 Å². The monoisotopic (exact) mass is 195 g/mol. The summed E-state index contributed by atoms with van der Waals surface area (Å²) in [6, 6.07) is 0. The topological polar surface area (TPSA) is 12.0 Å². The molecule has 82 valence electrons. The molecule has 0 bridgehead atoms. The summed E-state index contributed by atoms with van der Waals surface area (Å²) < 4.78 is 0. The fraction of sp³-hybridized carbons (Fsp3) is 1.00. The van der Waals surface area contributed by atoms with Crippen LogP contribution in [-0.2, 0) is 0 Å². The highest BCUT2D eigenvalue weighted by Gasteiger charge is 2.33. The molecule has 1 nitrogen and oxygen atoms in total. The van der Waals surface area contributed by atoms with E-state index in [0.29, 0.717) is 11.0 Å². The van der Waals surface area contributed by atoms with Gasteiger partial charge in [-0.3, -0.25) is 0 Å². The second-order valence-electron chi connectivity index (χ2n) is 6.14. The Balaban J connectivity index is 1.80. The molecule has 0 atom stereocenters. The first kappa shape index (κ1) is 10.5. The number of rotatable bonds is 3. The lowest BCUT2D eigenvalue weighted by atomic mass is 9.87. The summed E-state index contributed by atoms with van der Waals surface area (Å²) in [5.74, 6) is 0. The molecule has 0 aliphatic heterocycles. The van der Waals surface area contributed by atoms with Gasteiger partial charge in [0.2, 0.25) is 0 Å². The number of hydrogen-bond acceptors (Lipinski definition) is 1. The van der Waals surface area contributed by atoms with Crippen molar-refractivity contribution in [3.63, 3.8) is 0 Å². The zero-order valence-electron chi connectivity index (χ0n) is 9.86. The second-order valence-corrected chi connectivity index (χ2v) is 6.14. The number of nitrogens with one attached hydrogen (secondary N) is 1. The maximum absolute atomic E-state index is 3.84. The van der Waals surface area contributed by atoms with Gasteiger partial charge in [-0.05, 0) is 38.0 Å². The van der Waals surface area contributed by atoms with E-state index in [1.165, 1.54) is 57.9 Å². The van der Waals surface area contributed by atoms with Crippen molar-refractivity contribution >= 4 is 0 Å². The van der Waals surface area contributed by atoms with Gasteiger partial charge >= 0.3 is 0 Å². The van der Waals surface area contributed by atoms with E-state index in [4.69, 9.17) is 0 Å². The van der Waals surface area contributed by atoms with Crippen molar-refractivity contribution in [1.82, 2.24) is 5.32 Å². The molecule has 0 aromatic rings. The van der Waals surface area contributed by atoms with Gasteiger partial charge in [0.25, 0.3) is 0 Å². The van der Waals surface area contributed by atoms with Crippen LogP contribution in [0.15, 0.2) is 0 Å². The lowest BCUT2D eigenvalue weighted by Crippen LogP contribution is -2.44. The third-order valence-electron chi connectivity index (χ3n) is 4.46. The third kappa shape index (κ3) is 2.31. The molecule has 0 aromatic carbocycles. The highest BCUT2D eigenvalue weighted by Crippen LogP contribution is 2.38. The van der Waals surface area contributed by atoms with E-state index in [1.54, 1.807) is 0 Å². The third-order valence-corrected chi connectivity index (χ3v) is 4.46. The second kappa shape index (κ2) is 3.84. The van der Waals surface area contributed by atoms with Crippen molar-refractivity contribution in [2.45, 2.75) is 70.8 Å². The maximum Gasteiger partial charge on any atom is 0.0153 e. The average Bonchev–Trinajstić information content (AvgIpc) is 2.74. The van der Waals surface area contributed by atoms with Crippen LogP contribution >= 0.6 is 0 Å². The Labute approximate surface area is 88.7 Å². The minimum Gasteiger partial charge on any atom is -0.311 e. The molecular formula is C13H25N. The average molecular weight is 195 g/mol. The zero-order valence-corrected chi connectivity index (χ0v) is 9.86. The van der Waals surface area contributed by atoms with Crippen molar-refractivity contribution < 1.29 is 0 Å². The van der Waals surface area contributed by atoms with Crippen LogP contribution in [0, 0.1) is 5.41 Å². The smallest absolute Gasteiger partial charge is 0.0153 e. The summed E-state index contributed by atoms with van der Waals surface area (Å²) in [6.45, 7) is 6.13. The van der Waals surface area contributed by atoms with Crippen molar-refractivity contribution in [3.05, 3.63) is 0 Å². The van der Waals surface area contributed by atoms with Crippen LogP contribution < -0.4 is 5.32 Å². The molecule has 2 saturated carbocycles. The van der Waals surface area contributed by atoms with Gasteiger partial charge in [-0.25, -0.2) is 0 Å². The molecule has 0 aromatic heterocycles. The van der Waals surface area contributed by atoms with E-state index in [1.807, 2.05) is 0 Å². The lowest BCUT2D eigenvalue weighted by Gasteiger charge is -2.32. The molecule has 2 aliphatic rings. The fourth-order valence-electron chi connectivity index (χ4n) is 3.16. The minimum absolute atomic E-state index is 0.478. The van der Waals surface area contributed by atoms with Crippen molar-refractivity contribution in [2.24, 2.45) is 5.41 Å². The molecule has 0 unspecified atom stereocenters. The van der Waals surface area contributed by atoms with E-state index < -0.39 is 0 Å². The largest absolute Gasteiger partial charge is 0.311 e. The summed E-state index contributed by atoms with van der Waals surface area (Å²) >= 11 is 0. The summed E-state index contributed by atoms with van der Waals surface area (Å²) in [5, 5.41) is 3.84. The molecule has 2 rings (SSSR count). The van der Waals surface area contributed by atoms with E-state index in [-0.39, 0.29) is 0 Å². The number of hydrogen-bond donors (Lipinski definition) is 1. The Morgan fingerprint density at radius 1 is 0.857 bits per heavy atom. The van der Waals surface area contributed by atoms with Gasteiger partial charge in [-0.1, -0.05) is 32.6 Å². The standard InChI is InChI=1S/C13H25N/c1-12(7-3-4-8-12)11-14-13(2)9-5-6-10-13/h14H,3-11H2,1-2H3. The van der Waals surface area contributed by atoms with Gasteiger partial charge in [-0.2, -0.15) is 0 Å². The first-order chi connectivity index (χ1) is 6.62. The Hall–Kier alpha value is -0.0400. The van der Waals surface area contributed by atoms with Crippen LogP contribution in [0.4, 0.5) is 0 Å². The SMILES string of the molecule is CC1(CNC2(C)CCCC2)CCCC1. The quantitative estimate of drug-likeness (QED) is 0.727. The molecule has 0 amide bonds. The van der Waals surface area contributed by atoms with E-state index in [9.17, 15) is 0 Å². The predicted octanol–water partition coefficient (Wildman–Crippen LogP) is 3.49. The molecule has 14 heavy (non-hydrogen) atoms. The molecule has 1 heteroatoms. The fourth-order valence-corrected chi connectivity index (χ4v) is 3.16. The van der Waals surface area contributed by atoms with Gasteiger partial charge in [0, 0.05) is 12.1 Å². The summed E-state index contributed by atoms with van der Waals surface area (Å²) in [4.78, 5) is 0. The molecule has 2 aliphatic carbocycles. The molecule has 0 heterocycles. The lowest BCUT2D eigenvalue weighted by molar-refractivity contribution is 0.254. The minimum atomic E-state index is 0.478. The molecular weight excluding hydrogens is 170 g/mol. The Bertz CT molecular complexity index is 163. The Kier molecular flexibility index (Phi) is 2.88. The van der Waals surface area contributed by atoms with Crippen LogP contribution in [0.2, 0.25) is 0 Å². The van der Waals surface area contributed by atoms with Crippen molar-refractivity contribution in [2.75, 3.05) is 6.54 Å². The Morgan fingerprint density at radius 2 is 1.36 bits per heavy atom. The highest BCUT2D eigenvalue weighted by atomic mass is 15.0. The molecule has 1 N–H and O–H groups in total. The van der Waals surface area contributed by atoms with E-state index >= 15 is 0 Å². The summed E-state index contributed by atoms with van der Waals surface area (Å²) in [6.07, 6.45) is 11.4. The van der Waals surface area contributed by atoms with Gasteiger partial charge in [0.15, 0.2) is 0 Å². The van der Waals surface area contributed by atoms with Crippen LogP contribution in [0.5, 0.6) is 0 Å². The summed E-state index contributed by atoms with van der Waals surface area (Å²) in [7, 11) is 0. The van der Waals surface area contributed by atoms with Crippen LogP contribution in [0.25, 0.3) is 0 Å². The van der Waals surface area contributed by atoms with Gasteiger partial charge in [0.05, 0.1) is 0 Å². The van der Waals surface area contributed by atoms with Crippen LogP contribution in [-0.4, -0.2) is 12.1 Å². The first-order valence-corrected chi connectivity index (χ1v) is 6.37. The van der Waals surface area contributed by atoms with E-state index in [0.717, 1.165) is 0 Å². The van der Waals surface area contributed by atoms with E-state index in [2.05, 4.69) is 19.2 Å². The van der Waals surface area contributed by atoms with Gasteiger partial charge < -0.3 is 5.32 Å². The predicted molar refractivity (Wildman–Crippen MR) is 61.5 cm³/mol. The molecule has 0 saturated heterocycles. The summed E-state index contributed by atoms with van der Waals surface area (Å²) in [5.41, 5.74) is 1.09. The Morgan fingerprint density at radius 3 is 1.93 bits per heavy atom. The molecule has 2 fully saturated rings. The van der Waals surface area contributed by atoms with Crippen molar-refractivity contribution in [3.8, 4) is 0 Å². The normalized spacial score (nSPS) is 29.6. The first-order valence-electron chi connectivity index (χ1n) is 6.37. The van der Waals surface area contributed by atoms with Crippen LogP contribution in [0.1, 0.15) is 65.2 Å². The highest BCUT2D eigenvalue weighted by molar-refractivity contribution is 4.91. The molecule has 0 radical (unpaired) electrons. The molecule has 0 spiro atoms. The zero-order chi connectivity index (χ0) is 10.1. The van der Waals surface area contributed by atoms with Crippen LogP contribution in [0.3, 0.4) is 0 Å².